The molecule has 37 heavy (non-hydrogen) atoms. The molecule has 2 heterocycles. The fourth-order valence-electron chi connectivity index (χ4n) is 4.65. The van der Waals surface area contributed by atoms with Crippen LogP contribution in [0.3, 0.4) is 0 Å². The molecule has 0 unspecified atom stereocenters. The van der Waals surface area contributed by atoms with Gasteiger partial charge in [0.05, 0.1) is 27.9 Å². The lowest BCUT2D eigenvalue weighted by molar-refractivity contribution is 0.134. The Bertz CT molecular complexity index is 1270. The van der Waals surface area contributed by atoms with Crippen molar-refractivity contribution in [2.75, 3.05) is 67.2 Å². The van der Waals surface area contributed by atoms with Crippen LogP contribution in [0.15, 0.2) is 39.5 Å². The van der Waals surface area contributed by atoms with Crippen molar-refractivity contribution >= 4 is 11.0 Å². The summed E-state index contributed by atoms with van der Waals surface area (Å²) < 4.78 is 28.1. The second kappa shape index (κ2) is 12.2. The van der Waals surface area contributed by atoms with Crippen LogP contribution in [0, 0.1) is 0 Å². The van der Waals surface area contributed by atoms with Crippen LogP contribution >= 0.6 is 0 Å². The lowest BCUT2D eigenvalue weighted by atomic mass is 10.1. The molecule has 0 aliphatic carbocycles. The second-order valence-electron chi connectivity index (χ2n) is 9.01. The van der Waals surface area contributed by atoms with Crippen LogP contribution in [-0.4, -0.2) is 82.1 Å². The van der Waals surface area contributed by atoms with E-state index in [1.54, 1.807) is 38.5 Å². The van der Waals surface area contributed by atoms with Crippen LogP contribution in [0.4, 0.5) is 0 Å². The molecule has 0 radical (unpaired) electrons. The molecule has 1 aliphatic heterocycles. The van der Waals surface area contributed by atoms with E-state index in [9.17, 15) is 9.90 Å². The third-order valence-electron chi connectivity index (χ3n) is 6.82. The Hall–Kier alpha value is -3.43. The van der Waals surface area contributed by atoms with Crippen LogP contribution in [0.5, 0.6) is 28.7 Å². The topological polar surface area (TPSA) is 93.8 Å². The zero-order chi connectivity index (χ0) is 26.4. The SMILES string of the molecule is CCN1CCN(CCCCOc2cc3oc(-c4ccc(OC)c(OC)c4)cc(=O)c3c(O)c2OC)CC1. The number of hydrogen-bond acceptors (Lipinski definition) is 9. The number of phenols is 1. The maximum Gasteiger partial charge on any atom is 0.204 e. The highest BCUT2D eigenvalue weighted by atomic mass is 16.5. The van der Waals surface area contributed by atoms with Crippen molar-refractivity contribution in [1.82, 2.24) is 9.80 Å². The van der Waals surface area contributed by atoms with Gasteiger partial charge in [0.2, 0.25) is 5.75 Å². The van der Waals surface area contributed by atoms with E-state index < -0.39 is 5.43 Å². The highest BCUT2D eigenvalue weighted by Gasteiger charge is 2.21. The summed E-state index contributed by atoms with van der Waals surface area (Å²) in [6.45, 7) is 9.24. The van der Waals surface area contributed by atoms with Gasteiger partial charge < -0.3 is 38.3 Å². The average molecular weight is 513 g/mol. The smallest absolute Gasteiger partial charge is 0.204 e. The fourth-order valence-corrected chi connectivity index (χ4v) is 4.65. The molecule has 0 amide bonds. The Morgan fingerprint density at radius 2 is 1.62 bits per heavy atom. The normalized spacial score (nSPS) is 14.6. The molecule has 9 nitrogen and oxygen atoms in total. The standard InChI is InChI=1S/C28H36N2O7/c1-5-29-11-13-30(14-12-29)10-6-7-15-36-25-18-24-26(27(32)28(25)35-4)20(31)17-22(37-24)19-8-9-21(33-2)23(16-19)34-3/h8-9,16-18,32H,5-7,10-15H2,1-4H3. The summed E-state index contributed by atoms with van der Waals surface area (Å²) >= 11 is 0. The molecule has 4 rings (SSSR count). The third kappa shape index (κ3) is 5.94. The molecule has 1 aliphatic rings. The summed E-state index contributed by atoms with van der Waals surface area (Å²) in [5.41, 5.74) is 0.449. The second-order valence-corrected chi connectivity index (χ2v) is 9.01. The first-order valence-corrected chi connectivity index (χ1v) is 12.7. The van der Waals surface area contributed by atoms with Crippen molar-refractivity contribution < 1.29 is 28.5 Å². The number of phenolic OH excluding ortho intramolecular Hbond substituents is 1. The summed E-state index contributed by atoms with van der Waals surface area (Å²) in [6.07, 6.45) is 1.86. The minimum atomic E-state index is -0.392. The highest BCUT2D eigenvalue weighted by Crippen LogP contribution is 2.42. The van der Waals surface area contributed by atoms with Crippen molar-refractivity contribution in [3.8, 4) is 40.1 Å². The van der Waals surface area contributed by atoms with Crippen LogP contribution in [-0.2, 0) is 0 Å². The van der Waals surface area contributed by atoms with Crippen LogP contribution in [0.1, 0.15) is 19.8 Å². The zero-order valence-electron chi connectivity index (χ0n) is 22.0. The molecule has 1 aromatic heterocycles. The van der Waals surface area contributed by atoms with Gasteiger partial charge in [0.1, 0.15) is 16.7 Å². The number of methoxy groups -OCH3 is 3. The van der Waals surface area contributed by atoms with Gasteiger partial charge in [0.15, 0.2) is 28.4 Å². The van der Waals surface area contributed by atoms with Gasteiger partial charge in [-0.3, -0.25) is 4.79 Å². The Morgan fingerprint density at radius 3 is 2.30 bits per heavy atom. The third-order valence-corrected chi connectivity index (χ3v) is 6.82. The van der Waals surface area contributed by atoms with E-state index in [4.69, 9.17) is 23.4 Å². The number of rotatable bonds is 11. The molecule has 0 atom stereocenters. The number of likely N-dealkylation sites (N-methyl/N-ethyl adjacent to an activating group) is 1. The lowest BCUT2D eigenvalue weighted by Crippen LogP contribution is -2.46. The number of nitrogens with zero attached hydrogens (tertiary/aromatic N) is 2. The van der Waals surface area contributed by atoms with Gasteiger partial charge in [-0.25, -0.2) is 0 Å². The summed E-state index contributed by atoms with van der Waals surface area (Å²) in [5.74, 6) is 1.56. The number of fused-ring (bicyclic) bond motifs is 1. The summed E-state index contributed by atoms with van der Waals surface area (Å²) in [5, 5.41) is 10.9. The first-order chi connectivity index (χ1) is 18.0. The summed E-state index contributed by atoms with van der Waals surface area (Å²) in [7, 11) is 4.53. The minimum absolute atomic E-state index is 0.0413. The van der Waals surface area contributed by atoms with Crippen LogP contribution < -0.4 is 24.4 Å². The van der Waals surface area contributed by atoms with Gasteiger partial charge in [0.25, 0.3) is 0 Å². The van der Waals surface area contributed by atoms with Gasteiger partial charge in [-0.05, 0) is 44.1 Å². The molecule has 0 spiro atoms. The van der Waals surface area contributed by atoms with Crippen LogP contribution in [0.25, 0.3) is 22.3 Å². The zero-order valence-corrected chi connectivity index (χ0v) is 22.0. The maximum atomic E-state index is 13.0. The molecule has 0 bridgehead atoms. The quantitative estimate of drug-likeness (QED) is 0.383. The predicted octanol–water partition coefficient (Wildman–Crippen LogP) is 3.99. The lowest BCUT2D eigenvalue weighted by Gasteiger charge is -2.33. The molecule has 2 aromatic carbocycles. The molecule has 1 N–H and O–H groups in total. The van der Waals surface area contributed by atoms with E-state index in [1.807, 2.05) is 0 Å². The largest absolute Gasteiger partial charge is 0.504 e. The number of hydrogen-bond donors (Lipinski definition) is 1. The Kier molecular flexibility index (Phi) is 8.78. The molecule has 1 saturated heterocycles. The van der Waals surface area contributed by atoms with Crippen molar-refractivity contribution in [3.63, 3.8) is 0 Å². The average Bonchev–Trinajstić information content (AvgIpc) is 2.92. The van der Waals surface area contributed by atoms with Gasteiger partial charge in [0, 0.05) is 43.9 Å². The van der Waals surface area contributed by atoms with E-state index in [1.165, 1.54) is 13.2 Å². The van der Waals surface area contributed by atoms with Gasteiger partial charge >= 0.3 is 0 Å². The van der Waals surface area contributed by atoms with Gasteiger partial charge in [-0.2, -0.15) is 0 Å². The number of piperazine rings is 1. The Balaban J connectivity index is 1.50. The molecule has 3 aromatic rings. The van der Waals surface area contributed by atoms with Crippen molar-refractivity contribution in [2.45, 2.75) is 19.8 Å². The molecular weight excluding hydrogens is 476 g/mol. The van der Waals surface area contributed by atoms with Gasteiger partial charge in [-0.15, -0.1) is 0 Å². The predicted molar refractivity (Wildman–Crippen MR) is 143 cm³/mol. The first kappa shape index (κ1) is 26.6. The van der Waals surface area contributed by atoms with E-state index >= 15 is 0 Å². The maximum absolute atomic E-state index is 13.0. The number of ether oxygens (including phenoxy) is 4. The summed E-state index contributed by atoms with van der Waals surface area (Å²) in [4.78, 5) is 17.9. The number of unbranched alkanes of at least 4 members (excludes halogenated alkanes) is 1. The van der Waals surface area contributed by atoms with Crippen molar-refractivity contribution in [2.24, 2.45) is 0 Å². The van der Waals surface area contributed by atoms with Crippen molar-refractivity contribution in [3.05, 3.63) is 40.6 Å². The Labute approximate surface area is 217 Å². The van der Waals surface area contributed by atoms with E-state index in [2.05, 4.69) is 16.7 Å². The minimum Gasteiger partial charge on any atom is -0.504 e. The monoisotopic (exact) mass is 512 g/mol. The number of aromatic hydroxyl groups is 1. The van der Waals surface area contributed by atoms with Crippen LogP contribution in [0.2, 0.25) is 0 Å². The van der Waals surface area contributed by atoms with E-state index in [-0.39, 0.29) is 22.5 Å². The molecule has 9 heteroatoms. The van der Waals surface area contributed by atoms with Crippen molar-refractivity contribution in [1.29, 1.82) is 0 Å². The van der Waals surface area contributed by atoms with E-state index in [0.717, 1.165) is 52.1 Å². The molecule has 1 fully saturated rings. The molecule has 0 saturated carbocycles. The molecular formula is C28H36N2O7. The number of benzene rings is 2. The Morgan fingerprint density at radius 1 is 0.892 bits per heavy atom. The first-order valence-electron chi connectivity index (χ1n) is 12.7. The summed E-state index contributed by atoms with van der Waals surface area (Å²) in [6, 6.07) is 8.18. The molecule has 200 valence electrons. The van der Waals surface area contributed by atoms with E-state index in [0.29, 0.717) is 35.2 Å². The van der Waals surface area contributed by atoms with Gasteiger partial charge in [-0.1, -0.05) is 6.92 Å². The fraction of sp³-hybridized carbons (Fsp3) is 0.464. The highest BCUT2D eigenvalue weighted by molar-refractivity contribution is 5.89.